The molecule has 2 amide bonds. The average molecular weight is 348 g/mol. The minimum Gasteiger partial charge on any atom is -0.469 e. The molecule has 0 aliphatic rings. The van der Waals surface area contributed by atoms with Crippen molar-refractivity contribution >= 4 is 23.5 Å². The van der Waals surface area contributed by atoms with Crippen molar-refractivity contribution in [3.8, 4) is 0 Å². The highest BCUT2D eigenvalue weighted by Crippen LogP contribution is 2.18. The Morgan fingerprint density at radius 3 is 2.44 bits per heavy atom. The topological polar surface area (TPSA) is 84.5 Å². The highest BCUT2D eigenvalue weighted by atomic mass is 16.5. The molecular weight excluding hydrogens is 320 g/mol. The molecule has 0 saturated heterocycles. The van der Waals surface area contributed by atoms with Crippen LogP contribution in [-0.2, 0) is 14.3 Å². The summed E-state index contributed by atoms with van der Waals surface area (Å²) in [4.78, 5) is 35.2. The van der Waals surface area contributed by atoms with E-state index in [1.54, 1.807) is 24.3 Å². The van der Waals surface area contributed by atoms with Crippen LogP contribution in [0.25, 0.3) is 0 Å². The van der Waals surface area contributed by atoms with Gasteiger partial charge in [-0.05, 0) is 31.0 Å². The fourth-order valence-corrected chi connectivity index (χ4v) is 2.03. The molecule has 138 valence electrons. The van der Waals surface area contributed by atoms with Gasteiger partial charge in [-0.3, -0.25) is 14.4 Å². The molecule has 0 fully saturated rings. The Labute approximate surface area is 149 Å². The molecule has 0 aliphatic heterocycles. The lowest BCUT2D eigenvalue weighted by molar-refractivity contribution is -0.140. The number of nitrogens with one attached hydrogen (secondary N) is 2. The van der Waals surface area contributed by atoms with Gasteiger partial charge >= 0.3 is 5.97 Å². The summed E-state index contributed by atoms with van der Waals surface area (Å²) >= 11 is 0. The average Bonchev–Trinajstić information content (AvgIpc) is 2.56. The molecule has 25 heavy (non-hydrogen) atoms. The number of hydrogen-bond donors (Lipinski definition) is 2. The van der Waals surface area contributed by atoms with Crippen molar-refractivity contribution in [2.24, 2.45) is 5.41 Å². The monoisotopic (exact) mass is 348 g/mol. The third-order valence-electron chi connectivity index (χ3n) is 3.63. The SMILES string of the molecule is COC(=O)CCCCCNC(=O)c1cccc(NC(=O)C(C)(C)C)c1. The molecule has 1 aromatic rings. The molecule has 2 N–H and O–H groups in total. The van der Waals surface area contributed by atoms with Gasteiger partial charge in [0.15, 0.2) is 0 Å². The van der Waals surface area contributed by atoms with Crippen LogP contribution in [0.3, 0.4) is 0 Å². The molecule has 6 heteroatoms. The van der Waals surface area contributed by atoms with Crippen molar-refractivity contribution in [1.29, 1.82) is 0 Å². The molecule has 0 bridgehead atoms. The fraction of sp³-hybridized carbons (Fsp3) is 0.526. The first kappa shape index (κ1) is 20.7. The van der Waals surface area contributed by atoms with Crippen LogP contribution in [0, 0.1) is 5.41 Å². The summed E-state index contributed by atoms with van der Waals surface area (Å²) in [6, 6.07) is 6.87. The van der Waals surface area contributed by atoms with Crippen LogP contribution in [-0.4, -0.2) is 31.4 Å². The van der Waals surface area contributed by atoms with E-state index < -0.39 is 5.41 Å². The minimum absolute atomic E-state index is 0.101. The van der Waals surface area contributed by atoms with E-state index in [2.05, 4.69) is 15.4 Å². The zero-order chi connectivity index (χ0) is 18.9. The van der Waals surface area contributed by atoms with E-state index in [4.69, 9.17) is 0 Å². The summed E-state index contributed by atoms with van der Waals surface area (Å²) in [5, 5.41) is 5.66. The number of unbranched alkanes of at least 4 members (excludes halogenated alkanes) is 2. The third kappa shape index (κ3) is 7.83. The largest absolute Gasteiger partial charge is 0.469 e. The van der Waals surface area contributed by atoms with Gasteiger partial charge in [-0.1, -0.05) is 33.3 Å². The Hall–Kier alpha value is -2.37. The van der Waals surface area contributed by atoms with Crippen LogP contribution in [0.4, 0.5) is 5.69 Å². The molecule has 1 aromatic carbocycles. The molecule has 6 nitrogen and oxygen atoms in total. The van der Waals surface area contributed by atoms with Crippen molar-refractivity contribution < 1.29 is 19.1 Å². The maximum Gasteiger partial charge on any atom is 0.305 e. The van der Waals surface area contributed by atoms with E-state index in [1.807, 2.05) is 20.8 Å². The minimum atomic E-state index is -0.498. The van der Waals surface area contributed by atoms with E-state index in [1.165, 1.54) is 7.11 Å². The lowest BCUT2D eigenvalue weighted by Crippen LogP contribution is -2.28. The zero-order valence-corrected chi connectivity index (χ0v) is 15.5. The Balaban J connectivity index is 2.42. The maximum absolute atomic E-state index is 12.2. The van der Waals surface area contributed by atoms with Crippen molar-refractivity contribution in [2.45, 2.75) is 46.5 Å². The third-order valence-corrected chi connectivity index (χ3v) is 3.63. The van der Waals surface area contributed by atoms with Crippen molar-refractivity contribution in [1.82, 2.24) is 5.32 Å². The fourth-order valence-electron chi connectivity index (χ4n) is 2.03. The number of carbonyl (C=O) groups excluding carboxylic acids is 3. The van der Waals surface area contributed by atoms with Gasteiger partial charge in [0.25, 0.3) is 5.91 Å². The second-order valence-electron chi connectivity index (χ2n) is 6.93. The summed E-state index contributed by atoms with van der Waals surface area (Å²) in [6.45, 7) is 6.04. The number of hydrogen-bond acceptors (Lipinski definition) is 4. The summed E-state index contributed by atoms with van der Waals surface area (Å²) in [6.07, 6.45) is 2.79. The molecule has 0 atom stereocenters. The van der Waals surface area contributed by atoms with E-state index in [0.717, 1.165) is 19.3 Å². The van der Waals surface area contributed by atoms with E-state index in [-0.39, 0.29) is 17.8 Å². The summed E-state index contributed by atoms with van der Waals surface area (Å²) < 4.78 is 4.57. The van der Waals surface area contributed by atoms with Crippen molar-refractivity contribution in [3.63, 3.8) is 0 Å². The standard InChI is InChI=1S/C19H28N2O4/c1-19(2,3)18(24)21-15-10-8-9-14(13-15)17(23)20-12-7-5-6-11-16(22)25-4/h8-10,13H,5-7,11-12H2,1-4H3,(H,20,23)(H,21,24). The predicted octanol–water partition coefficient (Wildman–Crippen LogP) is 3.13. The predicted molar refractivity (Wildman–Crippen MR) is 97.3 cm³/mol. The number of benzene rings is 1. The molecular formula is C19H28N2O4. The molecule has 0 aliphatic carbocycles. The van der Waals surface area contributed by atoms with Gasteiger partial charge in [-0.2, -0.15) is 0 Å². The quantitative estimate of drug-likeness (QED) is 0.558. The maximum atomic E-state index is 12.2. The molecule has 0 spiro atoms. The lowest BCUT2D eigenvalue weighted by Gasteiger charge is -2.18. The second kappa shape index (κ2) is 9.81. The molecule has 0 heterocycles. The molecule has 0 radical (unpaired) electrons. The molecule has 0 aromatic heterocycles. The first-order valence-electron chi connectivity index (χ1n) is 8.50. The van der Waals surface area contributed by atoms with Gasteiger partial charge in [0, 0.05) is 29.6 Å². The Kier molecular flexibility index (Phi) is 8.11. The number of methoxy groups -OCH3 is 1. The number of anilines is 1. The Bertz CT molecular complexity index is 606. The first-order valence-corrected chi connectivity index (χ1v) is 8.50. The Morgan fingerprint density at radius 2 is 1.80 bits per heavy atom. The highest BCUT2D eigenvalue weighted by molar-refractivity contribution is 5.98. The van der Waals surface area contributed by atoms with Crippen LogP contribution in [0.2, 0.25) is 0 Å². The van der Waals surface area contributed by atoms with E-state index >= 15 is 0 Å². The molecule has 0 saturated carbocycles. The number of carbonyl (C=O) groups is 3. The van der Waals surface area contributed by atoms with Crippen LogP contribution in [0.15, 0.2) is 24.3 Å². The summed E-state index contributed by atoms with van der Waals surface area (Å²) in [5.74, 6) is -0.492. The normalized spacial score (nSPS) is 10.9. The number of esters is 1. The number of ether oxygens (including phenoxy) is 1. The summed E-state index contributed by atoms with van der Waals surface area (Å²) in [5.41, 5.74) is 0.606. The van der Waals surface area contributed by atoms with E-state index in [0.29, 0.717) is 24.2 Å². The van der Waals surface area contributed by atoms with Gasteiger partial charge in [-0.25, -0.2) is 0 Å². The smallest absolute Gasteiger partial charge is 0.305 e. The number of amides is 2. The highest BCUT2D eigenvalue weighted by Gasteiger charge is 2.21. The first-order chi connectivity index (χ1) is 11.7. The van der Waals surface area contributed by atoms with Gasteiger partial charge in [0.1, 0.15) is 0 Å². The van der Waals surface area contributed by atoms with E-state index in [9.17, 15) is 14.4 Å². The summed E-state index contributed by atoms with van der Waals surface area (Å²) in [7, 11) is 1.38. The van der Waals surface area contributed by atoms with Gasteiger partial charge in [0.05, 0.1) is 7.11 Å². The van der Waals surface area contributed by atoms with Crippen LogP contribution < -0.4 is 10.6 Å². The van der Waals surface area contributed by atoms with Crippen LogP contribution in [0.5, 0.6) is 0 Å². The number of rotatable bonds is 8. The van der Waals surface area contributed by atoms with Crippen molar-refractivity contribution in [2.75, 3.05) is 19.0 Å². The second-order valence-corrected chi connectivity index (χ2v) is 6.93. The Morgan fingerprint density at radius 1 is 1.08 bits per heavy atom. The zero-order valence-electron chi connectivity index (χ0n) is 15.5. The molecule has 1 rings (SSSR count). The van der Waals surface area contributed by atoms with Gasteiger partial charge < -0.3 is 15.4 Å². The van der Waals surface area contributed by atoms with Crippen LogP contribution >= 0.6 is 0 Å². The van der Waals surface area contributed by atoms with Crippen LogP contribution in [0.1, 0.15) is 56.8 Å². The van der Waals surface area contributed by atoms with Crippen molar-refractivity contribution in [3.05, 3.63) is 29.8 Å². The lowest BCUT2D eigenvalue weighted by atomic mass is 9.95. The van der Waals surface area contributed by atoms with Gasteiger partial charge in [0.2, 0.25) is 5.91 Å². The molecule has 0 unspecified atom stereocenters. The van der Waals surface area contributed by atoms with Gasteiger partial charge in [-0.15, -0.1) is 0 Å².